The van der Waals surface area contributed by atoms with Crippen LogP contribution < -0.4 is 11.1 Å². The Morgan fingerprint density at radius 1 is 1.19 bits per heavy atom. The second-order valence-corrected chi connectivity index (χ2v) is 5.78. The molecule has 114 valence electrons. The van der Waals surface area contributed by atoms with Crippen LogP contribution in [0.3, 0.4) is 0 Å². The van der Waals surface area contributed by atoms with E-state index in [-0.39, 0.29) is 5.91 Å². The quantitative estimate of drug-likeness (QED) is 0.589. The van der Waals surface area contributed by atoms with Gasteiger partial charge in [-0.2, -0.15) is 0 Å². The molecule has 21 heavy (non-hydrogen) atoms. The van der Waals surface area contributed by atoms with Crippen molar-refractivity contribution < 1.29 is 14.7 Å². The standard InChI is InChI=1S/C16H22N2O3/c1-11-12(7-6-8-13(11)17)14(19)18-16(15(20)21)9-4-2-3-5-10-16/h6-8H,2-5,9-10,17H2,1H3,(H,18,19)(H,20,21). The molecular formula is C16H22N2O3. The number of nitrogens with one attached hydrogen (secondary N) is 1. The molecule has 0 bridgehead atoms. The number of nitrogen functional groups attached to an aromatic ring is 1. The van der Waals surface area contributed by atoms with Gasteiger partial charge in [-0.25, -0.2) is 4.79 Å². The molecule has 0 aliphatic heterocycles. The molecule has 2 rings (SSSR count). The van der Waals surface area contributed by atoms with Crippen LogP contribution >= 0.6 is 0 Å². The van der Waals surface area contributed by atoms with E-state index in [4.69, 9.17) is 5.73 Å². The summed E-state index contributed by atoms with van der Waals surface area (Å²) in [5, 5.41) is 12.4. The highest BCUT2D eigenvalue weighted by atomic mass is 16.4. The van der Waals surface area contributed by atoms with E-state index in [9.17, 15) is 14.7 Å². The molecule has 1 aromatic carbocycles. The molecule has 5 heteroatoms. The average molecular weight is 290 g/mol. The Morgan fingerprint density at radius 3 is 2.38 bits per heavy atom. The predicted molar refractivity (Wildman–Crippen MR) is 81.1 cm³/mol. The van der Waals surface area contributed by atoms with Crippen molar-refractivity contribution in [1.82, 2.24) is 5.32 Å². The van der Waals surface area contributed by atoms with Gasteiger partial charge in [0, 0.05) is 11.3 Å². The van der Waals surface area contributed by atoms with Crippen molar-refractivity contribution >= 4 is 17.6 Å². The van der Waals surface area contributed by atoms with Crippen LogP contribution in [0.2, 0.25) is 0 Å². The molecule has 1 fully saturated rings. The minimum absolute atomic E-state index is 0.357. The summed E-state index contributed by atoms with van der Waals surface area (Å²) in [7, 11) is 0. The maximum atomic E-state index is 12.5. The molecule has 4 N–H and O–H groups in total. The molecule has 0 aromatic heterocycles. The number of hydrogen-bond acceptors (Lipinski definition) is 3. The largest absolute Gasteiger partial charge is 0.480 e. The lowest BCUT2D eigenvalue weighted by molar-refractivity contribution is -0.145. The summed E-state index contributed by atoms with van der Waals surface area (Å²) >= 11 is 0. The van der Waals surface area contributed by atoms with Crippen molar-refractivity contribution in [2.24, 2.45) is 0 Å². The summed E-state index contributed by atoms with van der Waals surface area (Å²) in [6, 6.07) is 5.11. The van der Waals surface area contributed by atoms with Crippen molar-refractivity contribution in [2.45, 2.75) is 51.0 Å². The third-order valence-electron chi connectivity index (χ3n) is 4.34. The van der Waals surface area contributed by atoms with E-state index >= 15 is 0 Å². The smallest absolute Gasteiger partial charge is 0.329 e. The highest BCUT2D eigenvalue weighted by Crippen LogP contribution is 2.28. The molecule has 0 spiro atoms. The minimum atomic E-state index is -1.15. The zero-order valence-corrected chi connectivity index (χ0v) is 12.3. The molecule has 1 aromatic rings. The van der Waals surface area contributed by atoms with Crippen molar-refractivity contribution in [3.63, 3.8) is 0 Å². The van der Waals surface area contributed by atoms with E-state index in [1.165, 1.54) is 0 Å². The van der Waals surface area contributed by atoms with E-state index < -0.39 is 11.5 Å². The number of carboxylic acids is 1. The third-order valence-corrected chi connectivity index (χ3v) is 4.34. The van der Waals surface area contributed by atoms with Crippen molar-refractivity contribution in [3.05, 3.63) is 29.3 Å². The van der Waals surface area contributed by atoms with E-state index in [0.717, 1.165) is 25.7 Å². The van der Waals surface area contributed by atoms with Crippen molar-refractivity contribution in [1.29, 1.82) is 0 Å². The average Bonchev–Trinajstić information content (AvgIpc) is 2.68. The fourth-order valence-electron chi connectivity index (χ4n) is 2.91. The number of anilines is 1. The van der Waals surface area contributed by atoms with Gasteiger partial charge in [0.25, 0.3) is 5.91 Å². The summed E-state index contributed by atoms with van der Waals surface area (Å²) in [6.45, 7) is 1.77. The van der Waals surface area contributed by atoms with Gasteiger partial charge in [0.1, 0.15) is 5.54 Å². The first kappa shape index (κ1) is 15.4. The fraction of sp³-hybridized carbons (Fsp3) is 0.500. The van der Waals surface area contributed by atoms with Crippen LogP contribution in [-0.4, -0.2) is 22.5 Å². The fourth-order valence-corrected chi connectivity index (χ4v) is 2.91. The number of aliphatic carboxylic acids is 1. The molecule has 1 saturated carbocycles. The number of hydrogen-bond donors (Lipinski definition) is 3. The number of benzene rings is 1. The number of amides is 1. The summed E-state index contributed by atoms with van der Waals surface area (Å²) in [4.78, 5) is 24.2. The molecule has 0 heterocycles. The van der Waals surface area contributed by atoms with Crippen molar-refractivity contribution in [2.75, 3.05) is 5.73 Å². The van der Waals surface area contributed by atoms with E-state index in [1.54, 1.807) is 25.1 Å². The van der Waals surface area contributed by atoms with Crippen LogP contribution in [-0.2, 0) is 4.79 Å². The molecular weight excluding hydrogens is 268 g/mol. The van der Waals surface area contributed by atoms with Crippen LogP contribution in [0.1, 0.15) is 54.4 Å². The first-order valence-electron chi connectivity index (χ1n) is 7.37. The summed E-state index contributed by atoms with van der Waals surface area (Å²) in [5.41, 5.74) is 6.33. The van der Waals surface area contributed by atoms with Crippen LogP contribution in [0.5, 0.6) is 0 Å². The van der Waals surface area contributed by atoms with Crippen LogP contribution in [0.4, 0.5) is 5.69 Å². The van der Waals surface area contributed by atoms with Gasteiger partial charge in [0.05, 0.1) is 0 Å². The van der Waals surface area contributed by atoms with E-state index in [1.807, 2.05) is 0 Å². The summed E-state index contributed by atoms with van der Waals surface area (Å²) < 4.78 is 0. The topological polar surface area (TPSA) is 92.4 Å². The van der Waals surface area contributed by atoms with Crippen LogP contribution in [0.15, 0.2) is 18.2 Å². The number of carboxylic acid groups (broad SMARTS) is 1. The maximum absolute atomic E-state index is 12.5. The van der Waals surface area contributed by atoms with Gasteiger partial charge in [0.15, 0.2) is 0 Å². The molecule has 0 saturated heterocycles. The number of nitrogens with two attached hydrogens (primary N) is 1. The lowest BCUT2D eigenvalue weighted by atomic mass is 9.89. The van der Waals surface area contributed by atoms with Gasteiger partial charge in [-0.1, -0.05) is 31.7 Å². The Hall–Kier alpha value is -2.04. The highest BCUT2D eigenvalue weighted by Gasteiger charge is 2.40. The van der Waals surface area contributed by atoms with Gasteiger partial charge in [-0.3, -0.25) is 4.79 Å². The number of carbonyl (C=O) groups is 2. The van der Waals surface area contributed by atoms with Gasteiger partial charge >= 0.3 is 5.97 Å². The second kappa shape index (κ2) is 6.16. The maximum Gasteiger partial charge on any atom is 0.329 e. The SMILES string of the molecule is Cc1c(N)cccc1C(=O)NC1(C(=O)O)CCCCCC1. The van der Waals surface area contributed by atoms with E-state index in [0.29, 0.717) is 29.7 Å². The molecule has 0 unspecified atom stereocenters. The zero-order chi connectivity index (χ0) is 15.5. The molecule has 1 amide bonds. The lowest BCUT2D eigenvalue weighted by Crippen LogP contribution is -2.54. The zero-order valence-electron chi connectivity index (χ0n) is 12.3. The van der Waals surface area contributed by atoms with Gasteiger partial charge in [-0.05, 0) is 37.5 Å². The van der Waals surface area contributed by atoms with E-state index in [2.05, 4.69) is 5.32 Å². The minimum Gasteiger partial charge on any atom is -0.480 e. The molecule has 1 aliphatic rings. The Kier molecular flexibility index (Phi) is 4.50. The number of rotatable bonds is 3. The summed E-state index contributed by atoms with van der Waals surface area (Å²) in [6.07, 6.45) is 4.64. The first-order chi connectivity index (χ1) is 9.96. The van der Waals surface area contributed by atoms with Gasteiger partial charge in [0.2, 0.25) is 0 Å². The monoisotopic (exact) mass is 290 g/mol. The van der Waals surface area contributed by atoms with Gasteiger partial charge in [-0.15, -0.1) is 0 Å². The number of carbonyl (C=O) groups excluding carboxylic acids is 1. The highest BCUT2D eigenvalue weighted by molar-refractivity contribution is 5.99. The van der Waals surface area contributed by atoms with Crippen molar-refractivity contribution in [3.8, 4) is 0 Å². The van der Waals surface area contributed by atoms with Crippen LogP contribution in [0, 0.1) is 6.92 Å². The van der Waals surface area contributed by atoms with Crippen LogP contribution in [0.25, 0.3) is 0 Å². The molecule has 0 radical (unpaired) electrons. The first-order valence-corrected chi connectivity index (χ1v) is 7.37. The molecule has 0 atom stereocenters. The Morgan fingerprint density at radius 2 is 1.81 bits per heavy atom. The molecule has 1 aliphatic carbocycles. The lowest BCUT2D eigenvalue weighted by Gasteiger charge is -2.29. The normalized spacial score (nSPS) is 17.8. The predicted octanol–water partition coefficient (Wildman–Crippen LogP) is 2.48. The third kappa shape index (κ3) is 3.17. The van der Waals surface area contributed by atoms with Gasteiger partial charge < -0.3 is 16.2 Å². The second-order valence-electron chi connectivity index (χ2n) is 5.78. The molecule has 5 nitrogen and oxygen atoms in total. The summed E-state index contributed by atoms with van der Waals surface area (Å²) in [5.74, 6) is -1.30. The Bertz CT molecular complexity index is 546. The Labute approximate surface area is 124 Å². The Balaban J connectivity index is 2.26.